The number of rotatable bonds is 4. The van der Waals surface area contributed by atoms with Crippen LogP contribution >= 0.6 is 11.8 Å². The number of aromatic nitrogens is 1. The van der Waals surface area contributed by atoms with Gasteiger partial charge in [0.15, 0.2) is 0 Å². The third-order valence-electron chi connectivity index (χ3n) is 5.06. The molecule has 3 amide bonds. The highest BCUT2D eigenvalue weighted by atomic mass is 32.2. The number of imide groups is 1. The van der Waals surface area contributed by atoms with E-state index in [1.165, 1.54) is 0 Å². The molecule has 2 fully saturated rings. The molecule has 1 aromatic carbocycles. The average molecular weight is 411 g/mol. The van der Waals surface area contributed by atoms with Gasteiger partial charge in [-0.2, -0.15) is 0 Å². The molecular weight excluding hydrogens is 390 g/mol. The lowest BCUT2D eigenvalue weighted by Crippen LogP contribution is -2.44. The van der Waals surface area contributed by atoms with Gasteiger partial charge in [-0.05, 0) is 73.5 Å². The van der Waals surface area contributed by atoms with E-state index in [-0.39, 0.29) is 18.2 Å². The lowest BCUT2D eigenvalue weighted by atomic mass is 10.1. The molecule has 0 saturated carbocycles. The normalized spacial score (nSPS) is 18.7. The molecule has 0 atom stereocenters. The summed E-state index contributed by atoms with van der Waals surface area (Å²) in [4.78, 5) is 40.6. The van der Waals surface area contributed by atoms with Gasteiger partial charge in [0.1, 0.15) is 12.3 Å². The zero-order chi connectivity index (χ0) is 20.4. The Morgan fingerprint density at radius 3 is 2.52 bits per heavy atom. The fourth-order valence-corrected chi connectivity index (χ4v) is 4.33. The van der Waals surface area contributed by atoms with Crippen LogP contribution in [-0.4, -0.2) is 56.2 Å². The predicted octanol–water partition coefficient (Wildman–Crippen LogP) is 3.23. The van der Waals surface area contributed by atoms with E-state index in [4.69, 9.17) is 0 Å². The minimum Gasteiger partial charge on any atom is -0.508 e. The van der Waals surface area contributed by atoms with E-state index >= 15 is 0 Å². The molecule has 8 heteroatoms. The van der Waals surface area contributed by atoms with Gasteiger partial charge in [-0.1, -0.05) is 0 Å². The monoisotopic (exact) mass is 411 g/mol. The van der Waals surface area contributed by atoms with Crippen LogP contribution < -0.4 is 0 Å². The van der Waals surface area contributed by atoms with Crippen LogP contribution in [0.5, 0.6) is 5.75 Å². The number of hydrogen-bond acceptors (Lipinski definition) is 5. The van der Waals surface area contributed by atoms with Crippen LogP contribution in [0.15, 0.2) is 47.5 Å². The summed E-state index contributed by atoms with van der Waals surface area (Å²) >= 11 is 0.849. The number of aromatic hydroxyl groups is 1. The van der Waals surface area contributed by atoms with Gasteiger partial charge in [-0.15, -0.1) is 0 Å². The number of amides is 3. The zero-order valence-corrected chi connectivity index (χ0v) is 16.6. The number of carbonyl (C=O) groups excluding carboxylic acids is 3. The maximum atomic E-state index is 12.8. The van der Waals surface area contributed by atoms with Crippen molar-refractivity contribution in [2.24, 2.45) is 0 Å². The highest BCUT2D eigenvalue weighted by Crippen LogP contribution is 2.32. The molecule has 1 N–H and O–H groups in total. The Kier molecular flexibility index (Phi) is 5.44. The van der Waals surface area contributed by atoms with Crippen molar-refractivity contribution >= 4 is 34.9 Å². The molecule has 2 aliphatic rings. The summed E-state index contributed by atoms with van der Waals surface area (Å²) in [5, 5.41) is 9.05. The Morgan fingerprint density at radius 1 is 1.07 bits per heavy atom. The molecule has 0 radical (unpaired) electrons. The molecule has 1 aromatic heterocycles. The highest BCUT2D eigenvalue weighted by molar-refractivity contribution is 8.18. The Labute approximate surface area is 172 Å². The van der Waals surface area contributed by atoms with Crippen molar-refractivity contribution in [2.45, 2.75) is 19.3 Å². The Morgan fingerprint density at radius 2 is 1.79 bits per heavy atom. The van der Waals surface area contributed by atoms with Gasteiger partial charge in [0.25, 0.3) is 11.1 Å². The summed E-state index contributed by atoms with van der Waals surface area (Å²) in [6, 6.07) is 10.4. The summed E-state index contributed by atoms with van der Waals surface area (Å²) in [6.45, 7) is 1.16. The number of thioether (sulfide) groups is 1. The molecule has 2 saturated heterocycles. The maximum Gasteiger partial charge on any atom is 0.294 e. The van der Waals surface area contributed by atoms with Gasteiger partial charge in [-0.3, -0.25) is 19.3 Å². The molecule has 29 heavy (non-hydrogen) atoms. The van der Waals surface area contributed by atoms with Crippen molar-refractivity contribution < 1.29 is 19.5 Å². The van der Waals surface area contributed by atoms with Gasteiger partial charge in [-0.25, -0.2) is 0 Å². The van der Waals surface area contributed by atoms with Gasteiger partial charge in [0.2, 0.25) is 5.91 Å². The smallest absolute Gasteiger partial charge is 0.294 e. The lowest BCUT2D eigenvalue weighted by Gasteiger charge is -2.27. The number of benzene rings is 1. The standard InChI is InChI=1S/C21H21N3O4S/c25-17-8-6-15(7-9-17)23-12-4-5-16(23)13-18-20(27)24(21(28)29-18)14-19(26)22-10-2-1-3-11-22/h4-9,12-13,25H,1-3,10-11,14H2. The number of phenolic OH excluding ortho intramolecular Hbond substituents is 1. The second-order valence-corrected chi connectivity index (χ2v) is 8.02. The molecule has 2 aliphatic heterocycles. The first-order valence-corrected chi connectivity index (χ1v) is 10.3. The van der Waals surface area contributed by atoms with Crippen molar-refractivity contribution in [3.05, 3.63) is 53.2 Å². The second kappa shape index (κ2) is 8.16. The van der Waals surface area contributed by atoms with Crippen LogP contribution in [0.1, 0.15) is 25.0 Å². The quantitative estimate of drug-likeness (QED) is 0.781. The minimum absolute atomic E-state index is 0.168. The SMILES string of the molecule is O=C(CN1C(=O)SC(=Cc2cccn2-c2ccc(O)cc2)C1=O)N1CCCCC1. The van der Waals surface area contributed by atoms with E-state index in [1.54, 1.807) is 35.2 Å². The van der Waals surface area contributed by atoms with Gasteiger partial charge < -0.3 is 14.6 Å². The zero-order valence-electron chi connectivity index (χ0n) is 15.8. The minimum atomic E-state index is -0.441. The average Bonchev–Trinajstić information content (AvgIpc) is 3.29. The number of piperidine rings is 1. The molecule has 3 heterocycles. The van der Waals surface area contributed by atoms with Gasteiger partial charge >= 0.3 is 0 Å². The molecular formula is C21H21N3O4S. The first-order chi connectivity index (χ1) is 14.0. The van der Waals surface area contributed by atoms with Crippen molar-refractivity contribution in [3.63, 3.8) is 0 Å². The van der Waals surface area contributed by atoms with Crippen molar-refractivity contribution in [1.29, 1.82) is 0 Å². The predicted molar refractivity (Wildman–Crippen MR) is 111 cm³/mol. The van der Waals surface area contributed by atoms with Crippen LogP contribution in [-0.2, 0) is 9.59 Å². The van der Waals surface area contributed by atoms with Crippen LogP contribution in [0.2, 0.25) is 0 Å². The van der Waals surface area contributed by atoms with Crippen LogP contribution in [0.25, 0.3) is 11.8 Å². The fraction of sp³-hybridized carbons (Fsp3) is 0.286. The summed E-state index contributed by atoms with van der Waals surface area (Å²) in [5.41, 5.74) is 1.54. The summed E-state index contributed by atoms with van der Waals surface area (Å²) in [7, 11) is 0. The van der Waals surface area contributed by atoms with Crippen LogP contribution in [0.3, 0.4) is 0 Å². The van der Waals surface area contributed by atoms with Crippen LogP contribution in [0.4, 0.5) is 4.79 Å². The van der Waals surface area contributed by atoms with E-state index in [9.17, 15) is 19.5 Å². The Balaban J connectivity index is 1.52. The third-order valence-corrected chi connectivity index (χ3v) is 5.97. The van der Waals surface area contributed by atoms with Crippen molar-refractivity contribution in [3.8, 4) is 11.4 Å². The first-order valence-electron chi connectivity index (χ1n) is 9.53. The van der Waals surface area contributed by atoms with Gasteiger partial charge in [0, 0.05) is 30.7 Å². The third kappa shape index (κ3) is 4.07. The number of carbonyl (C=O) groups is 3. The Bertz CT molecular complexity index is 974. The molecule has 7 nitrogen and oxygen atoms in total. The second-order valence-electron chi connectivity index (χ2n) is 7.03. The number of hydrogen-bond donors (Lipinski definition) is 1. The van der Waals surface area contributed by atoms with Crippen molar-refractivity contribution in [1.82, 2.24) is 14.4 Å². The molecule has 0 spiro atoms. The lowest BCUT2D eigenvalue weighted by molar-refractivity contribution is -0.136. The maximum absolute atomic E-state index is 12.8. The number of phenols is 1. The van der Waals surface area contributed by atoms with E-state index < -0.39 is 11.1 Å². The van der Waals surface area contributed by atoms with Crippen LogP contribution in [0, 0.1) is 0 Å². The van der Waals surface area contributed by atoms with Gasteiger partial charge in [0.05, 0.1) is 4.91 Å². The summed E-state index contributed by atoms with van der Waals surface area (Å²) in [5.74, 6) is -0.452. The van der Waals surface area contributed by atoms with Crippen molar-refractivity contribution in [2.75, 3.05) is 19.6 Å². The topological polar surface area (TPSA) is 82.9 Å². The van der Waals surface area contributed by atoms with E-state index in [1.807, 2.05) is 22.9 Å². The highest BCUT2D eigenvalue weighted by Gasteiger charge is 2.37. The summed E-state index contributed by atoms with van der Waals surface area (Å²) in [6.07, 6.45) is 6.52. The van der Waals surface area contributed by atoms with E-state index in [0.29, 0.717) is 18.0 Å². The van der Waals surface area contributed by atoms with E-state index in [2.05, 4.69) is 0 Å². The summed E-state index contributed by atoms with van der Waals surface area (Å²) < 4.78 is 1.85. The largest absolute Gasteiger partial charge is 0.508 e. The molecule has 2 aromatic rings. The molecule has 0 bridgehead atoms. The first kappa shape index (κ1) is 19.3. The molecule has 0 aliphatic carbocycles. The number of likely N-dealkylation sites (tertiary alicyclic amines) is 1. The number of nitrogens with zero attached hydrogens (tertiary/aromatic N) is 3. The molecule has 0 unspecified atom stereocenters. The Hall–Kier alpha value is -3.00. The molecule has 4 rings (SSSR count). The molecule has 150 valence electrons. The van der Waals surface area contributed by atoms with E-state index in [0.717, 1.165) is 47.3 Å². The fourth-order valence-electron chi connectivity index (χ4n) is 3.51.